The first-order chi connectivity index (χ1) is 14.8. The van der Waals surface area contributed by atoms with Gasteiger partial charge in [-0.05, 0) is 75.4 Å². The second kappa shape index (κ2) is 9.38. The highest BCUT2D eigenvalue weighted by Gasteiger charge is 2.19. The van der Waals surface area contributed by atoms with Crippen molar-refractivity contribution in [2.24, 2.45) is 0 Å². The summed E-state index contributed by atoms with van der Waals surface area (Å²) in [4.78, 5) is 24.7. The maximum absolute atomic E-state index is 13.2. The summed E-state index contributed by atoms with van der Waals surface area (Å²) >= 11 is 0. The van der Waals surface area contributed by atoms with Gasteiger partial charge in [-0.15, -0.1) is 0 Å². The van der Waals surface area contributed by atoms with E-state index in [9.17, 15) is 14.0 Å². The molecule has 2 aromatic carbocycles. The van der Waals surface area contributed by atoms with Crippen LogP contribution in [-0.2, 0) is 9.53 Å². The molecule has 0 bridgehead atoms. The van der Waals surface area contributed by atoms with Crippen molar-refractivity contribution in [1.29, 1.82) is 0 Å². The zero-order valence-corrected chi connectivity index (χ0v) is 17.8. The molecule has 0 radical (unpaired) electrons. The number of rotatable bonds is 7. The van der Waals surface area contributed by atoms with Gasteiger partial charge in [-0.2, -0.15) is 5.10 Å². The van der Waals surface area contributed by atoms with Crippen molar-refractivity contribution >= 4 is 17.8 Å². The van der Waals surface area contributed by atoms with Gasteiger partial charge >= 0.3 is 5.97 Å². The highest BCUT2D eigenvalue weighted by molar-refractivity contribution is 6.01. The first-order valence-electron chi connectivity index (χ1n) is 9.69. The summed E-state index contributed by atoms with van der Waals surface area (Å²) in [5.41, 5.74) is 3.37. The van der Waals surface area contributed by atoms with Gasteiger partial charge in [0.2, 0.25) is 5.78 Å². The Hall–Kier alpha value is -3.74. The van der Waals surface area contributed by atoms with Crippen LogP contribution in [0.4, 0.5) is 4.39 Å². The number of hydrogen-bond donors (Lipinski definition) is 0. The van der Waals surface area contributed by atoms with Crippen LogP contribution in [0.1, 0.15) is 34.2 Å². The molecule has 0 aliphatic heterocycles. The SMILES string of the molecule is COc1ccc(C(=O)C(C)OC(=O)/C=C/c2c(C)nn(-c3ccc(F)cc3)c2C)cc1. The molecule has 1 unspecified atom stereocenters. The van der Waals surface area contributed by atoms with E-state index >= 15 is 0 Å². The van der Waals surface area contributed by atoms with E-state index in [1.54, 1.807) is 54.3 Å². The number of aromatic nitrogens is 2. The van der Waals surface area contributed by atoms with Crippen molar-refractivity contribution in [3.05, 3.63) is 82.9 Å². The molecule has 0 amide bonds. The van der Waals surface area contributed by atoms with Crippen molar-refractivity contribution in [3.63, 3.8) is 0 Å². The second-order valence-electron chi connectivity index (χ2n) is 6.98. The van der Waals surface area contributed by atoms with E-state index in [-0.39, 0.29) is 11.6 Å². The Morgan fingerprint density at radius 1 is 1.06 bits per heavy atom. The van der Waals surface area contributed by atoms with Crippen LogP contribution in [0, 0.1) is 19.7 Å². The lowest BCUT2D eigenvalue weighted by Crippen LogP contribution is -2.23. The quantitative estimate of drug-likeness (QED) is 0.319. The van der Waals surface area contributed by atoms with Gasteiger partial charge in [0.25, 0.3) is 0 Å². The number of Topliss-reactive ketones (excluding diaryl/α,β-unsaturated/α-hetero) is 1. The van der Waals surface area contributed by atoms with Crippen molar-refractivity contribution < 1.29 is 23.5 Å². The van der Waals surface area contributed by atoms with E-state index in [0.717, 1.165) is 11.3 Å². The Labute approximate surface area is 179 Å². The first kappa shape index (κ1) is 22.0. The fourth-order valence-corrected chi connectivity index (χ4v) is 3.14. The third-order valence-corrected chi connectivity index (χ3v) is 4.84. The summed E-state index contributed by atoms with van der Waals surface area (Å²) in [7, 11) is 1.54. The summed E-state index contributed by atoms with van der Waals surface area (Å²) < 4.78 is 25.2. The van der Waals surface area contributed by atoms with Crippen LogP contribution >= 0.6 is 0 Å². The van der Waals surface area contributed by atoms with Crippen molar-refractivity contribution in [1.82, 2.24) is 9.78 Å². The predicted molar refractivity (Wildman–Crippen MR) is 115 cm³/mol. The lowest BCUT2D eigenvalue weighted by atomic mass is 10.1. The number of carbonyl (C=O) groups excluding carboxylic acids is 2. The molecule has 1 aromatic heterocycles. The maximum atomic E-state index is 13.2. The van der Waals surface area contributed by atoms with Crippen LogP contribution in [0.25, 0.3) is 11.8 Å². The van der Waals surface area contributed by atoms with Crippen molar-refractivity contribution in [2.45, 2.75) is 26.9 Å². The molecule has 0 N–H and O–H groups in total. The molecule has 1 heterocycles. The molecule has 0 spiro atoms. The van der Waals surface area contributed by atoms with E-state index in [4.69, 9.17) is 9.47 Å². The molecule has 3 aromatic rings. The monoisotopic (exact) mass is 422 g/mol. The normalized spacial score (nSPS) is 12.0. The third kappa shape index (κ3) is 5.06. The average molecular weight is 422 g/mol. The fourth-order valence-electron chi connectivity index (χ4n) is 3.14. The minimum Gasteiger partial charge on any atom is -0.497 e. The largest absolute Gasteiger partial charge is 0.497 e. The molecular weight excluding hydrogens is 399 g/mol. The number of nitrogens with zero attached hydrogens (tertiary/aromatic N) is 2. The standard InChI is InChI=1S/C24H23FN2O4/c1-15-22(16(2)27(26-15)20-9-7-19(25)8-10-20)13-14-23(28)31-17(3)24(29)18-5-11-21(30-4)12-6-18/h5-14,17H,1-4H3/b14-13+. The summed E-state index contributed by atoms with van der Waals surface area (Å²) in [6.45, 7) is 5.19. The second-order valence-corrected chi connectivity index (χ2v) is 6.98. The van der Waals surface area contributed by atoms with E-state index in [1.807, 2.05) is 13.8 Å². The summed E-state index contributed by atoms with van der Waals surface area (Å²) in [6, 6.07) is 12.6. The molecule has 3 rings (SSSR count). The fraction of sp³-hybridized carbons (Fsp3) is 0.208. The van der Waals surface area contributed by atoms with Crippen LogP contribution in [-0.4, -0.2) is 34.7 Å². The number of methoxy groups -OCH3 is 1. The van der Waals surface area contributed by atoms with Gasteiger partial charge in [-0.3, -0.25) is 4.79 Å². The van der Waals surface area contributed by atoms with Crippen LogP contribution in [0.5, 0.6) is 5.75 Å². The number of aryl methyl sites for hydroxylation is 1. The zero-order valence-electron chi connectivity index (χ0n) is 17.8. The minimum absolute atomic E-state index is 0.305. The highest BCUT2D eigenvalue weighted by atomic mass is 19.1. The van der Waals surface area contributed by atoms with Crippen LogP contribution < -0.4 is 4.74 Å². The van der Waals surface area contributed by atoms with E-state index in [2.05, 4.69) is 5.10 Å². The summed E-state index contributed by atoms with van der Waals surface area (Å²) in [5.74, 6) is -0.633. The molecule has 0 saturated carbocycles. The molecule has 0 fully saturated rings. The lowest BCUT2D eigenvalue weighted by molar-refractivity contribution is -0.140. The van der Waals surface area contributed by atoms with Crippen LogP contribution in [0.3, 0.4) is 0 Å². The zero-order chi connectivity index (χ0) is 22.5. The number of ketones is 1. The molecule has 1 atom stereocenters. The smallest absolute Gasteiger partial charge is 0.331 e. The molecule has 0 saturated heterocycles. The summed E-state index contributed by atoms with van der Waals surface area (Å²) in [5, 5.41) is 4.46. The van der Waals surface area contributed by atoms with E-state index < -0.39 is 12.1 Å². The van der Waals surface area contributed by atoms with Crippen LogP contribution in [0.2, 0.25) is 0 Å². The molecule has 0 aliphatic rings. The molecule has 0 aliphatic carbocycles. The van der Waals surface area contributed by atoms with E-state index in [1.165, 1.54) is 25.1 Å². The lowest BCUT2D eigenvalue weighted by Gasteiger charge is -2.11. The summed E-state index contributed by atoms with van der Waals surface area (Å²) in [6.07, 6.45) is 1.93. The number of hydrogen-bond acceptors (Lipinski definition) is 5. The van der Waals surface area contributed by atoms with Gasteiger partial charge in [0.15, 0.2) is 6.10 Å². The molecular formula is C24H23FN2O4. The van der Waals surface area contributed by atoms with Crippen molar-refractivity contribution in [2.75, 3.05) is 7.11 Å². The topological polar surface area (TPSA) is 70.4 Å². The predicted octanol–water partition coefficient (Wildman–Crippen LogP) is 4.46. The number of ether oxygens (including phenoxy) is 2. The average Bonchev–Trinajstić information content (AvgIpc) is 3.05. The minimum atomic E-state index is -0.935. The van der Waals surface area contributed by atoms with Crippen molar-refractivity contribution in [3.8, 4) is 11.4 Å². The molecule has 7 heteroatoms. The number of halogens is 1. The first-order valence-corrected chi connectivity index (χ1v) is 9.69. The van der Waals surface area contributed by atoms with Gasteiger partial charge < -0.3 is 9.47 Å². The Kier molecular flexibility index (Phi) is 6.65. The molecule has 6 nitrogen and oxygen atoms in total. The number of esters is 1. The Balaban J connectivity index is 1.69. The van der Waals surface area contributed by atoms with Gasteiger partial charge in [0.05, 0.1) is 18.5 Å². The maximum Gasteiger partial charge on any atom is 0.331 e. The van der Waals surface area contributed by atoms with Crippen LogP contribution in [0.15, 0.2) is 54.6 Å². The number of benzene rings is 2. The molecule has 160 valence electrons. The Morgan fingerprint density at radius 2 is 1.71 bits per heavy atom. The third-order valence-electron chi connectivity index (χ3n) is 4.84. The molecule has 31 heavy (non-hydrogen) atoms. The van der Waals surface area contributed by atoms with Gasteiger partial charge in [-0.25, -0.2) is 13.9 Å². The highest BCUT2D eigenvalue weighted by Crippen LogP contribution is 2.20. The van der Waals surface area contributed by atoms with Gasteiger partial charge in [-0.1, -0.05) is 0 Å². The van der Waals surface area contributed by atoms with E-state index in [0.29, 0.717) is 22.7 Å². The number of carbonyl (C=O) groups is 2. The Bertz CT molecular complexity index is 1120. The Morgan fingerprint density at radius 3 is 2.32 bits per heavy atom. The van der Waals surface area contributed by atoms with Gasteiger partial charge in [0.1, 0.15) is 11.6 Å². The van der Waals surface area contributed by atoms with Gasteiger partial charge in [0, 0.05) is 22.9 Å².